The number of aliphatic carboxylic acids is 1. The van der Waals surface area contributed by atoms with E-state index in [0.29, 0.717) is 31.9 Å². The van der Waals surface area contributed by atoms with Crippen molar-refractivity contribution in [2.75, 3.05) is 26.3 Å². The molecule has 31 heavy (non-hydrogen) atoms. The molecule has 0 spiro atoms. The van der Waals surface area contributed by atoms with Crippen molar-refractivity contribution in [3.05, 3.63) is 63.6 Å². The predicted molar refractivity (Wildman–Crippen MR) is 114 cm³/mol. The third kappa shape index (κ3) is 6.10. The standard InChI is InChI=1S/C21H20Cl2N2O6/c22-15-4-2-1-3-14(15)19(26)24-17(20(27)28)12-13-5-6-18(16(23)11-13)31-21(29)25-7-9-30-10-8-25/h1-6,11,17H,7-10,12H2,(H,24,26)(H,27,28)/t17-/m0/s1. The second-order valence-corrected chi connectivity index (χ2v) is 7.59. The van der Waals surface area contributed by atoms with Crippen LogP contribution in [0.1, 0.15) is 15.9 Å². The highest BCUT2D eigenvalue weighted by atomic mass is 35.5. The Bertz CT molecular complexity index is 978. The Hall–Kier alpha value is -2.81. The molecule has 1 aliphatic heterocycles. The van der Waals surface area contributed by atoms with Crippen LogP contribution >= 0.6 is 23.2 Å². The van der Waals surface area contributed by atoms with Crippen molar-refractivity contribution in [1.82, 2.24) is 10.2 Å². The molecule has 0 radical (unpaired) electrons. The van der Waals surface area contributed by atoms with Gasteiger partial charge in [-0.15, -0.1) is 0 Å². The minimum atomic E-state index is -1.21. The molecule has 1 aliphatic rings. The number of nitrogens with zero attached hydrogens (tertiary/aromatic N) is 1. The first-order chi connectivity index (χ1) is 14.8. The van der Waals surface area contributed by atoms with Gasteiger partial charge < -0.3 is 24.8 Å². The molecule has 0 bridgehead atoms. The van der Waals surface area contributed by atoms with Gasteiger partial charge in [0.25, 0.3) is 5.91 Å². The first-order valence-corrected chi connectivity index (χ1v) is 10.2. The molecule has 1 atom stereocenters. The zero-order valence-corrected chi connectivity index (χ0v) is 17.9. The summed E-state index contributed by atoms with van der Waals surface area (Å²) in [5, 5.41) is 12.4. The molecule has 2 aromatic carbocycles. The molecule has 164 valence electrons. The average Bonchev–Trinajstić information content (AvgIpc) is 2.75. The highest BCUT2D eigenvalue weighted by Crippen LogP contribution is 2.27. The van der Waals surface area contributed by atoms with E-state index in [2.05, 4.69) is 5.32 Å². The van der Waals surface area contributed by atoms with E-state index in [0.717, 1.165) is 0 Å². The zero-order chi connectivity index (χ0) is 22.4. The van der Waals surface area contributed by atoms with Crippen LogP contribution in [0, 0.1) is 0 Å². The third-order valence-electron chi connectivity index (χ3n) is 4.62. The summed E-state index contributed by atoms with van der Waals surface area (Å²) >= 11 is 12.2. The van der Waals surface area contributed by atoms with E-state index < -0.39 is 24.0 Å². The molecule has 1 heterocycles. The Morgan fingerprint density at radius 1 is 1.10 bits per heavy atom. The quantitative estimate of drug-likeness (QED) is 0.676. The maximum Gasteiger partial charge on any atom is 0.415 e. The molecule has 2 N–H and O–H groups in total. The highest BCUT2D eigenvalue weighted by Gasteiger charge is 2.23. The number of carbonyl (C=O) groups excluding carboxylic acids is 2. The fourth-order valence-corrected chi connectivity index (χ4v) is 3.44. The normalized spacial score (nSPS) is 14.6. The van der Waals surface area contributed by atoms with E-state index in [1.807, 2.05) is 0 Å². The third-order valence-corrected chi connectivity index (χ3v) is 5.25. The number of nitrogens with one attached hydrogen (secondary N) is 1. The number of halogens is 2. The van der Waals surface area contributed by atoms with E-state index in [-0.39, 0.29) is 27.8 Å². The number of ether oxygens (including phenoxy) is 2. The summed E-state index contributed by atoms with van der Waals surface area (Å²) in [5.41, 5.74) is 0.724. The number of carbonyl (C=O) groups is 3. The van der Waals surface area contributed by atoms with Crippen LogP contribution in [0.15, 0.2) is 42.5 Å². The smallest absolute Gasteiger partial charge is 0.415 e. The van der Waals surface area contributed by atoms with Crippen LogP contribution in [0.4, 0.5) is 4.79 Å². The summed E-state index contributed by atoms with van der Waals surface area (Å²) in [6, 6.07) is 9.73. The minimum Gasteiger partial charge on any atom is -0.480 e. The van der Waals surface area contributed by atoms with Gasteiger partial charge in [-0.1, -0.05) is 41.4 Å². The van der Waals surface area contributed by atoms with Crippen molar-refractivity contribution in [1.29, 1.82) is 0 Å². The molecular formula is C21H20Cl2N2O6. The number of amides is 2. The molecule has 0 saturated carbocycles. The molecule has 0 aromatic heterocycles. The summed E-state index contributed by atoms with van der Waals surface area (Å²) in [4.78, 5) is 37.8. The Balaban J connectivity index is 1.66. The van der Waals surface area contributed by atoms with Gasteiger partial charge in [0.2, 0.25) is 0 Å². The lowest BCUT2D eigenvalue weighted by Crippen LogP contribution is -2.42. The van der Waals surface area contributed by atoms with Gasteiger partial charge in [-0.2, -0.15) is 0 Å². The lowest BCUT2D eigenvalue weighted by Gasteiger charge is -2.26. The number of benzene rings is 2. The van der Waals surface area contributed by atoms with E-state index in [9.17, 15) is 19.5 Å². The monoisotopic (exact) mass is 466 g/mol. The van der Waals surface area contributed by atoms with Crippen LogP contribution in [0.25, 0.3) is 0 Å². The number of hydrogen-bond donors (Lipinski definition) is 2. The topological polar surface area (TPSA) is 105 Å². The summed E-state index contributed by atoms with van der Waals surface area (Å²) in [6.07, 6.45) is -0.559. The van der Waals surface area contributed by atoms with Crippen LogP contribution < -0.4 is 10.1 Å². The van der Waals surface area contributed by atoms with Crippen molar-refractivity contribution in [2.24, 2.45) is 0 Å². The largest absolute Gasteiger partial charge is 0.480 e. The number of rotatable bonds is 6. The number of carboxylic acids is 1. The molecule has 2 aromatic rings. The molecule has 1 fully saturated rings. The van der Waals surface area contributed by atoms with Gasteiger partial charge in [-0.3, -0.25) is 4.79 Å². The van der Waals surface area contributed by atoms with Crippen LogP contribution in [0.2, 0.25) is 10.0 Å². The highest BCUT2D eigenvalue weighted by molar-refractivity contribution is 6.34. The van der Waals surface area contributed by atoms with Gasteiger partial charge >= 0.3 is 12.1 Å². The van der Waals surface area contributed by atoms with Crippen molar-refractivity contribution in [2.45, 2.75) is 12.5 Å². The Morgan fingerprint density at radius 2 is 1.81 bits per heavy atom. The molecule has 3 rings (SSSR count). The van der Waals surface area contributed by atoms with Gasteiger partial charge in [-0.25, -0.2) is 9.59 Å². The Labute approximate surface area is 188 Å². The molecule has 8 nitrogen and oxygen atoms in total. The van der Waals surface area contributed by atoms with Crippen LogP contribution in [0.3, 0.4) is 0 Å². The van der Waals surface area contributed by atoms with Crippen LogP contribution in [-0.4, -0.2) is 60.3 Å². The Morgan fingerprint density at radius 3 is 2.45 bits per heavy atom. The summed E-state index contributed by atoms with van der Waals surface area (Å²) < 4.78 is 10.5. The van der Waals surface area contributed by atoms with Gasteiger partial charge in [0.1, 0.15) is 6.04 Å². The van der Waals surface area contributed by atoms with Gasteiger partial charge in [0.05, 0.1) is 28.8 Å². The van der Waals surface area contributed by atoms with Crippen LogP contribution in [0.5, 0.6) is 5.75 Å². The van der Waals surface area contributed by atoms with Crippen molar-refractivity contribution >= 4 is 41.2 Å². The molecular weight excluding hydrogens is 447 g/mol. The fraction of sp³-hybridized carbons (Fsp3) is 0.286. The lowest BCUT2D eigenvalue weighted by molar-refractivity contribution is -0.139. The van der Waals surface area contributed by atoms with E-state index in [1.165, 1.54) is 23.1 Å². The zero-order valence-electron chi connectivity index (χ0n) is 16.3. The second kappa shape index (κ2) is 10.5. The lowest BCUT2D eigenvalue weighted by atomic mass is 10.0. The maximum atomic E-state index is 12.4. The van der Waals surface area contributed by atoms with Crippen molar-refractivity contribution < 1.29 is 29.0 Å². The van der Waals surface area contributed by atoms with Gasteiger partial charge in [0.15, 0.2) is 5.75 Å². The molecule has 0 aliphatic carbocycles. The average molecular weight is 467 g/mol. The van der Waals surface area contributed by atoms with Gasteiger partial charge in [0, 0.05) is 19.5 Å². The summed E-state index contributed by atoms with van der Waals surface area (Å²) in [7, 11) is 0. The fourth-order valence-electron chi connectivity index (χ4n) is 2.98. The number of morpholine rings is 1. The molecule has 1 saturated heterocycles. The first-order valence-electron chi connectivity index (χ1n) is 9.46. The van der Waals surface area contributed by atoms with E-state index in [4.69, 9.17) is 32.7 Å². The summed E-state index contributed by atoms with van der Waals surface area (Å²) in [5.74, 6) is -1.65. The molecule has 0 unspecified atom stereocenters. The van der Waals surface area contributed by atoms with Crippen LogP contribution in [-0.2, 0) is 16.0 Å². The molecule has 2 amide bonds. The van der Waals surface area contributed by atoms with E-state index >= 15 is 0 Å². The maximum absolute atomic E-state index is 12.4. The van der Waals surface area contributed by atoms with Crippen molar-refractivity contribution in [3.8, 4) is 5.75 Å². The second-order valence-electron chi connectivity index (χ2n) is 6.78. The SMILES string of the molecule is O=C(N[C@@H](Cc1ccc(OC(=O)N2CCOCC2)c(Cl)c1)C(=O)O)c1ccccc1Cl. The molecule has 10 heteroatoms. The number of hydrogen-bond acceptors (Lipinski definition) is 5. The summed E-state index contributed by atoms with van der Waals surface area (Å²) in [6.45, 7) is 1.75. The van der Waals surface area contributed by atoms with Gasteiger partial charge in [-0.05, 0) is 29.8 Å². The minimum absolute atomic E-state index is 0.0249. The predicted octanol–water partition coefficient (Wildman–Crippen LogP) is 3.25. The van der Waals surface area contributed by atoms with E-state index in [1.54, 1.807) is 24.3 Å². The van der Waals surface area contributed by atoms with Crippen molar-refractivity contribution in [3.63, 3.8) is 0 Å². The Kier molecular flexibility index (Phi) is 7.73. The first kappa shape index (κ1) is 22.9. The number of carboxylic acid groups (broad SMARTS) is 1.